The molecule has 1 unspecified atom stereocenters. The van der Waals surface area contributed by atoms with Gasteiger partial charge in [0.15, 0.2) is 0 Å². The van der Waals surface area contributed by atoms with Crippen molar-refractivity contribution in [3.63, 3.8) is 0 Å². The first-order valence-corrected chi connectivity index (χ1v) is 6.93. The minimum Gasteiger partial charge on any atom is -0.309 e. The van der Waals surface area contributed by atoms with Crippen LogP contribution in [-0.2, 0) is 12.8 Å². The number of aryl methyl sites for hydroxylation is 1. The maximum absolute atomic E-state index is 4.56. The smallest absolute Gasteiger partial charge is 0.0947 e. The van der Waals surface area contributed by atoms with Crippen LogP contribution < -0.4 is 5.32 Å². The average Bonchev–Trinajstić information content (AvgIpc) is 2.75. The molecule has 0 saturated heterocycles. The van der Waals surface area contributed by atoms with Gasteiger partial charge in [0.05, 0.1) is 5.01 Å². The van der Waals surface area contributed by atoms with Crippen molar-refractivity contribution < 1.29 is 0 Å². The highest BCUT2D eigenvalue weighted by atomic mass is 32.1. The number of rotatable bonds is 2. The first-order valence-electron chi connectivity index (χ1n) is 6.05. The number of hydrogen-bond acceptors (Lipinski definition) is 3. The molecule has 0 radical (unpaired) electrons. The first-order chi connectivity index (χ1) is 8.33. The van der Waals surface area contributed by atoms with Crippen LogP contribution in [0.3, 0.4) is 0 Å². The Morgan fingerprint density at radius 3 is 3.12 bits per heavy atom. The van der Waals surface area contributed by atoms with Crippen molar-refractivity contribution >= 4 is 11.3 Å². The zero-order valence-electron chi connectivity index (χ0n) is 9.94. The minimum atomic E-state index is 0.436. The summed E-state index contributed by atoms with van der Waals surface area (Å²) in [7, 11) is 0. The second kappa shape index (κ2) is 4.59. The van der Waals surface area contributed by atoms with Gasteiger partial charge in [0, 0.05) is 23.5 Å². The summed E-state index contributed by atoms with van der Waals surface area (Å²) >= 11 is 1.77. The van der Waals surface area contributed by atoms with Crippen LogP contribution in [0.15, 0.2) is 29.6 Å². The van der Waals surface area contributed by atoms with Crippen LogP contribution in [0.1, 0.15) is 27.9 Å². The zero-order chi connectivity index (χ0) is 11.7. The van der Waals surface area contributed by atoms with Crippen molar-refractivity contribution in [2.75, 3.05) is 6.54 Å². The largest absolute Gasteiger partial charge is 0.309 e. The molecule has 1 aliphatic rings. The van der Waals surface area contributed by atoms with E-state index in [0.717, 1.165) is 25.1 Å². The van der Waals surface area contributed by atoms with E-state index in [0.29, 0.717) is 6.04 Å². The monoisotopic (exact) mass is 244 g/mol. The third kappa shape index (κ3) is 2.26. The fourth-order valence-corrected chi connectivity index (χ4v) is 3.26. The molecule has 0 fully saturated rings. The van der Waals surface area contributed by atoms with Gasteiger partial charge in [0.2, 0.25) is 0 Å². The van der Waals surface area contributed by atoms with Crippen molar-refractivity contribution in [3.05, 3.63) is 51.5 Å². The minimum absolute atomic E-state index is 0.436. The third-order valence-electron chi connectivity index (χ3n) is 3.26. The van der Waals surface area contributed by atoms with Gasteiger partial charge in [0.1, 0.15) is 0 Å². The number of fused-ring (bicyclic) bond motifs is 1. The van der Waals surface area contributed by atoms with E-state index in [2.05, 4.69) is 46.9 Å². The number of benzene rings is 1. The average molecular weight is 244 g/mol. The second-order valence-electron chi connectivity index (χ2n) is 4.54. The SMILES string of the molecule is Cc1csc(CC2NCCc3ccccc32)n1. The summed E-state index contributed by atoms with van der Waals surface area (Å²) in [4.78, 5) is 4.56. The molecule has 1 atom stereocenters. The van der Waals surface area contributed by atoms with E-state index in [9.17, 15) is 0 Å². The summed E-state index contributed by atoms with van der Waals surface area (Å²) in [6.07, 6.45) is 2.15. The molecule has 1 aromatic carbocycles. The quantitative estimate of drug-likeness (QED) is 0.878. The molecule has 88 valence electrons. The molecule has 2 aromatic rings. The van der Waals surface area contributed by atoms with Crippen molar-refractivity contribution in [1.29, 1.82) is 0 Å². The molecular weight excluding hydrogens is 228 g/mol. The highest BCUT2D eigenvalue weighted by Crippen LogP contribution is 2.26. The lowest BCUT2D eigenvalue weighted by molar-refractivity contribution is 0.501. The van der Waals surface area contributed by atoms with Crippen molar-refractivity contribution in [2.24, 2.45) is 0 Å². The molecule has 0 saturated carbocycles. The summed E-state index contributed by atoms with van der Waals surface area (Å²) in [5.41, 5.74) is 4.07. The summed E-state index contributed by atoms with van der Waals surface area (Å²) in [5.74, 6) is 0. The lowest BCUT2D eigenvalue weighted by Crippen LogP contribution is -2.31. The molecule has 2 heterocycles. The molecule has 0 amide bonds. The van der Waals surface area contributed by atoms with Gasteiger partial charge in [-0.05, 0) is 31.0 Å². The van der Waals surface area contributed by atoms with Gasteiger partial charge < -0.3 is 5.32 Å². The van der Waals surface area contributed by atoms with Crippen molar-refractivity contribution in [1.82, 2.24) is 10.3 Å². The van der Waals surface area contributed by atoms with E-state index in [4.69, 9.17) is 0 Å². The van der Waals surface area contributed by atoms with Crippen LogP contribution >= 0.6 is 11.3 Å². The number of nitrogens with one attached hydrogen (secondary N) is 1. The molecule has 2 nitrogen and oxygen atoms in total. The van der Waals surface area contributed by atoms with Gasteiger partial charge in [-0.1, -0.05) is 24.3 Å². The van der Waals surface area contributed by atoms with Crippen molar-refractivity contribution in [3.8, 4) is 0 Å². The highest BCUT2D eigenvalue weighted by Gasteiger charge is 2.20. The van der Waals surface area contributed by atoms with Crippen LogP contribution in [0, 0.1) is 6.92 Å². The lowest BCUT2D eigenvalue weighted by atomic mass is 9.93. The molecule has 1 aromatic heterocycles. The van der Waals surface area contributed by atoms with E-state index in [1.807, 2.05) is 0 Å². The summed E-state index contributed by atoms with van der Waals surface area (Å²) in [6.45, 7) is 3.13. The Morgan fingerprint density at radius 1 is 1.41 bits per heavy atom. The Kier molecular flexibility index (Phi) is 2.95. The third-order valence-corrected chi connectivity index (χ3v) is 4.25. The Hall–Kier alpha value is -1.19. The summed E-state index contributed by atoms with van der Waals surface area (Å²) in [5, 5.41) is 6.96. The van der Waals surface area contributed by atoms with Crippen LogP contribution in [0.4, 0.5) is 0 Å². The molecule has 0 bridgehead atoms. The summed E-state index contributed by atoms with van der Waals surface area (Å²) < 4.78 is 0. The van der Waals surface area contributed by atoms with E-state index in [-0.39, 0.29) is 0 Å². The van der Waals surface area contributed by atoms with Gasteiger partial charge >= 0.3 is 0 Å². The fraction of sp³-hybridized carbons (Fsp3) is 0.357. The summed E-state index contributed by atoms with van der Waals surface area (Å²) in [6, 6.07) is 9.19. The number of nitrogens with zero attached hydrogens (tertiary/aromatic N) is 1. The fourth-order valence-electron chi connectivity index (χ4n) is 2.45. The van der Waals surface area contributed by atoms with Gasteiger partial charge in [0.25, 0.3) is 0 Å². The van der Waals surface area contributed by atoms with Gasteiger partial charge in [-0.3, -0.25) is 0 Å². The van der Waals surface area contributed by atoms with E-state index in [1.54, 1.807) is 11.3 Å². The number of thiazole rings is 1. The lowest BCUT2D eigenvalue weighted by Gasteiger charge is -2.26. The maximum atomic E-state index is 4.56. The predicted molar refractivity (Wildman–Crippen MR) is 71.4 cm³/mol. The number of hydrogen-bond donors (Lipinski definition) is 1. The molecule has 0 aliphatic carbocycles. The van der Waals surface area contributed by atoms with Crippen LogP contribution in [0.5, 0.6) is 0 Å². The number of aromatic nitrogens is 1. The molecule has 1 aliphatic heterocycles. The maximum Gasteiger partial charge on any atom is 0.0947 e. The molecule has 1 N–H and O–H groups in total. The molecule has 0 spiro atoms. The van der Waals surface area contributed by atoms with Gasteiger partial charge in [-0.25, -0.2) is 4.98 Å². The van der Waals surface area contributed by atoms with Crippen molar-refractivity contribution in [2.45, 2.75) is 25.8 Å². The Balaban J connectivity index is 1.85. The van der Waals surface area contributed by atoms with E-state index in [1.165, 1.54) is 16.1 Å². The molecule has 3 rings (SSSR count). The Bertz CT molecular complexity index is 518. The topological polar surface area (TPSA) is 24.9 Å². The normalized spacial score (nSPS) is 19.0. The molecule has 3 heteroatoms. The van der Waals surface area contributed by atoms with Crippen LogP contribution in [0.25, 0.3) is 0 Å². The van der Waals surface area contributed by atoms with E-state index >= 15 is 0 Å². The zero-order valence-corrected chi connectivity index (χ0v) is 10.8. The van der Waals surface area contributed by atoms with Crippen LogP contribution in [0.2, 0.25) is 0 Å². The van der Waals surface area contributed by atoms with Gasteiger partial charge in [-0.2, -0.15) is 0 Å². The standard InChI is InChI=1S/C14H16N2S/c1-10-9-17-14(16-10)8-13-12-5-3-2-4-11(12)6-7-15-13/h2-5,9,13,15H,6-8H2,1H3. The van der Waals surface area contributed by atoms with Crippen LogP contribution in [-0.4, -0.2) is 11.5 Å². The predicted octanol–water partition coefficient (Wildman–Crippen LogP) is 2.88. The Labute approximate surface area is 106 Å². The second-order valence-corrected chi connectivity index (χ2v) is 5.48. The Morgan fingerprint density at radius 2 is 2.29 bits per heavy atom. The highest BCUT2D eigenvalue weighted by molar-refractivity contribution is 7.09. The van der Waals surface area contributed by atoms with E-state index < -0.39 is 0 Å². The first kappa shape index (κ1) is 10.9. The molecule has 17 heavy (non-hydrogen) atoms. The molecular formula is C14H16N2S. The van der Waals surface area contributed by atoms with Gasteiger partial charge in [-0.15, -0.1) is 11.3 Å².